The van der Waals surface area contributed by atoms with Gasteiger partial charge in [-0.1, -0.05) is 0 Å². The van der Waals surface area contributed by atoms with Crippen LogP contribution in [0.4, 0.5) is 13.2 Å². The van der Waals surface area contributed by atoms with Gasteiger partial charge in [0.25, 0.3) is 0 Å². The van der Waals surface area contributed by atoms with E-state index < -0.39 is 12.7 Å². The van der Waals surface area contributed by atoms with Gasteiger partial charge in [0.05, 0.1) is 19.8 Å². The van der Waals surface area contributed by atoms with Crippen LogP contribution in [0.2, 0.25) is 0 Å². The highest BCUT2D eigenvalue weighted by molar-refractivity contribution is 14.0. The Morgan fingerprint density at radius 1 is 1.14 bits per heavy atom. The van der Waals surface area contributed by atoms with Crippen molar-refractivity contribution in [2.75, 3.05) is 66.2 Å². The van der Waals surface area contributed by atoms with Gasteiger partial charge in [0.2, 0.25) is 0 Å². The molecule has 0 radical (unpaired) electrons. The number of hydrogen-bond donors (Lipinski definition) is 2. The Morgan fingerprint density at radius 2 is 1.86 bits per heavy atom. The van der Waals surface area contributed by atoms with E-state index in [1.54, 1.807) is 7.05 Å². The molecule has 6 nitrogen and oxygen atoms in total. The number of aliphatic imine (C=N–C) groups is 1. The molecule has 2 rings (SSSR count). The Kier molecular flexibility index (Phi) is 13.5. The second kappa shape index (κ2) is 14.6. The molecule has 2 heterocycles. The summed E-state index contributed by atoms with van der Waals surface area (Å²) >= 11 is 0. The second-order valence-corrected chi connectivity index (χ2v) is 7.71. The van der Waals surface area contributed by atoms with Gasteiger partial charge < -0.3 is 20.1 Å². The number of halogens is 4. The molecule has 0 aromatic carbocycles. The highest BCUT2D eigenvalue weighted by atomic mass is 127. The Hall–Kier alpha value is -0.330. The summed E-state index contributed by atoms with van der Waals surface area (Å²) < 4.78 is 48.3. The lowest BCUT2D eigenvalue weighted by molar-refractivity contribution is -0.148. The molecular weight excluding hydrogens is 500 g/mol. The van der Waals surface area contributed by atoms with E-state index in [4.69, 9.17) is 9.47 Å². The Bertz CT molecular complexity index is 455. The predicted molar refractivity (Wildman–Crippen MR) is 119 cm³/mol. The molecule has 1 unspecified atom stereocenters. The van der Waals surface area contributed by atoms with Gasteiger partial charge in [-0.25, -0.2) is 0 Å². The summed E-state index contributed by atoms with van der Waals surface area (Å²) in [5.74, 6) is 1.78. The minimum absolute atomic E-state index is 0. The zero-order chi connectivity index (χ0) is 20.2. The number of rotatable bonds is 10. The van der Waals surface area contributed by atoms with Gasteiger partial charge in [-0.3, -0.25) is 9.89 Å². The van der Waals surface area contributed by atoms with Crippen LogP contribution in [0.5, 0.6) is 0 Å². The fourth-order valence-corrected chi connectivity index (χ4v) is 3.65. The molecule has 0 spiro atoms. The third-order valence-corrected chi connectivity index (χ3v) is 5.31. The summed E-state index contributed by atoms with van der Waals surface area (Å²) in [7, 11) is 1.74. The maximum absolute atomic E-state index is 12.4. The Morgan fingerprint density at radius 3 is 2.48 bits per heavy atom. The average Bonchev–Trinajstić information content (AvgIpc) is 3.16. The average molecular weight is 536 g/mol. The highest BCUT2D eigenvalue weighted by Gasteiger charge is 2.32. The fourth-order valence-electron chi connectivity index (χ4n) is 3.65. The fraction of sp³-hybridized carbons (Fsp3) is 0.947. The molecule has 2 aliphatic heterocycles. The molecule has 0 aromatic heterocycles. The third-order valence-electron chi connectivity index (χ3n) is 5.31. The SMILES string of the molecule is CN=C(NCCCOCC1CCOC1)NCCC1CCN(CC(F)(F)F)CC1.I. The predicted octanol–water partition coefficient (Wildman–Crippen LogP) is 2.88. The van der Waals surface area contributed by atoms with Gasteiger partial charge in [-0.2, -0.15) is 13.2 Å². The van der Waals surface area contributed by atoms with E-state index in [1.165, 1.54) is 4.90 Å². The number of guanidine groups is 1. The monoisotopic (exact) mass is 536 g/mol. The first kappa shape index (κ1) is 26.7. The van der Waals surface area contributed by atoms with Crippen molar-refractivity contribution < 1.29 is 22.6 Å². The van der Waals surface area contributed by atoms with E-state index in [1.807, 2.05) is 0 Å². The molecule has 0 aliphatic carbocycles. The van der Waals surface area contributed by atoms with Crippen molar-refractivity contribution >= 4 is 29.9 Å². The molecule has 172 valence electrons. The van der Waals surface area contributed by atoms with Crippen molar-refractivity contribution in [3.8, 4) is 0 Å². The van der Waals surface area contributed by atoms with Crippen molar-refractivity contribution in [1.82, 2.24) is 15.5 Å². The van der Waals surface area contributed by atoms with Crippen molar-refractivity contribution in [3.63, 3.8) is 0 Å². The van der Waals surface area contributed by atoms with Crippen LogP contribution in [0, 0.1) is 11.8 Å². The van der Waals surface area contributed by atoms with Crippen molar-refractivity contribution in [1.29, 1.82) is 0 Å². The van der Waals surface area contributed by atoms with Crippen LogP contribution in [0.15, 0.2) is 4.99 Å². The van der Waals surface area contributed by atoms with E-state index in [9.17, 15) is 13.2 Å². The van der Waals surface area contributed by atoms with E-state index in [-0.39, 0.29) is 24.0 Å². The molecule has 29 heavy (non-hydrogen) atoms. The summed E-state index contributed by atoms with van der Waals surface area (Å²) in [4.78, 5) is 5.71. The number of ether oxygens (including phenoxy) is 2. The standard InChI is InChI=1S/C19H35F3N4O2.HI/c1-23-18(24-7-2-11-27-13-17-6-12-28-14-17)25-8-3-16-4-9-26(10-5-16)15-19(20,21)22;/h16-17H,2-15H2,1H3,(H2,23,24,25);1H. The molecule has 0 amide bonds. The number of piperidine rings is 1. The van der Waals surface area contributed by atoms with Gasteiger partial charge in [0.1, 0.15) is 0 Å². The van der Waals surface area contributed by atoms with Crippen LogP contribution in [0.25, 0.3) is 0 Å². The maximum atomic E-state index is 12.4. The summed E-state index contributed by atoms with van der Waals surface area (Å²) in [6, 6.07) is 0. The Labute approximate surface area is 189 Å². The Balaban J connectivity index is 0.00000420. The van der Waals surface area contributed by atoms with Crippen LogP contribution >= 0.6 is 24.0 Å². The molecule has 2 fully saturated rings. The van der Waals surface area contributed by atoms with Crippen molar-refractivity contribution in [2.45, 2.75) is 38.3 Å². The molecular formula is C19H36F3IN4O2. The van der Waals surface area contributed by atoms with Crippen LogP contribution in [0.3, 0.4) is 0 Å². The minimum atomic E-state index is -4.09. The van der Waals surface area contributed by atoms with Crippen LogP contribution in [-0.2, 0) is 9.47 Å². The lowest BCUT2D eigenvalue weighted by Crippen LogP contribution is -2.41. The van der Waals surface area contributed by atoms with E-state index >= 15 is 0 Å². The highest BCUT2D eigenvalue weighted by Crippen LogP contribution is 2.23. The molecule has 10 heteroatoms. The van der Waals surface area contributed by atoms with E-state index in [2.05, 4.69) is 15.6 Å². The van der Waals surface area contributed by atoms with Crippen LogP contribution < -0.4 is 10.6 Å². The number of nitrogens with zero attached hydrogens (tertiary/aromatic N) is 2. The largest absolute Gasteiger partial charge is 0.401 e. The molecule has 0 bridgehead atoms. The van der Waals surface area contributed by atoms with E-state index in [0.29, 0.717) is 24.9 Å². The third kappa shape index (κ3) is 12.2. The quantitative estimate of drug-likeness (QED) is 0.195. The van der Waals surface area contributed by atoms with E-state index in [0.717, 1.165) is 77.6 Å². The van der Waals surface area contributed by atoms with Gasteiger partial charge in [-0.15, -0.1) is 24.0 Å². The van der Waals surface area contributed by atoms with Gasteiger partial charge >= 0.3 is 6.18 Å². The zero-order valence-corrected chi connectivity index (χ0v) is 19.6. The second-order valence-electron chi connectivity index (χ2n) is 7.71. The summed E-state index contributed by atoms with van der Waals surface area (Å²) in [6.07, 6.45) is 0.512. The molecule has 0 saturated carbocycles. The zero-order valence-electron chi connectivity index (χ0n) is 17.3. The lowest BCUT2D eigenvalue weighted by Gasteiger charge is -2.32. The van der Waals surface area contributed by atoms with Gasteiger partial charge in [0, 0.05) is 39.3 Å². The maximum Gasteiger partial charge on any atom is 0.401 e. The number of likely N-dealkylation sites (tertiary alicyclic amines) is 1. The number of hydrogen-bond acceptors (Lipinski definition) is 4. The lowest BCUT2D eigenvalue weighted by atomic mass is 9.93. The molecule has 0 aromatic rings. The molecule has 1 atom stereocenters. The summed E-state index contributed by atoms with van der Waals surface area (Å²) in [5.41, 5.74) is 0. The molecule has 2 N–H and O–H groups in total. The molecule has 2 aliphatic rings. The van der Waals surface area contributed by atoms with Crippen molar-refractivity contribution in [2.24, 2.45) is 16.8 Å². The smallest absolute Gasteiger partial charge is 0.381 e. The van der Waals surface area contributed by atoms with Gasteiger partial charge in [-0.05, 0) is 51.1 Å². The summed E-state index contributed by atoms with van der Waals surface area (Å²) in [5, 5.41) is 6.56. The van der Waals surface area contributed by atoms with Crippen LogP contribution in [0.1, 0.15) is 32.1 Å². The normalized spacial score (nSPS) is 21.8. The minimum Gasteiger partial charge on any atom is -0.381 e. The summed E-state index contributed by atoms with van der Waals surface area (Å²) in [6.45, 7) is 5.01. The van der Waals surface area contributed by atoms with Crippen LogP contribution in [-0.4, -0.2) is 83.2 Å². The van der Waals surface area contributed by atoms with Crippen molar-refractivity contribution in [3.05, 3.63) is 0 Å². The molecule has 2 saturated heterocycles. The first-order valence-corrected chi connectivity index (χ1v) is 10.4. The topological polar surface area (TPSA) is 58.1 Å². The first-order valence-electron chi connectivity index (χ1n) is 10.4. The first-order chi connectivity index (χ1) is 13.5. The number of alkyl halides is 3. The van der Waals surface area contributed by atoms with Gasteiger partial charge in [0.15, 0.2) is 5.96 Å². The number of nitrogens with one attached hydrogen (secondary N) is 2.